The summed E-state index contributed by atoms with van der Waals surface area (Å²) in [5, 5.41) is 21.4. The summed E-state index contributed by atoms with van der Waals surface area (Å²) in [5.74, 6) is -2.28. The summed E-state index contributed by atoms with van der Waals surface area (Å²) < 4.78 is 20.6. The summed E-state index contributed by atoms with van der Waals surface area (Å²) in [7, 11) is 0. The minimum atomic E-state index is -1.63. The Morgan fingerprint density at radius 2 is 1.70 bits per heavy atom. The molecule has 0 radical (unpaired) electrons. The fourth-order valence-corrected chi connectivity index (χ4v) is 8.17. The predicted molar refractivity (Wildman–Crippen MR) is 174 cm³/mol. The first-order valence-corrected chi connectivity index (χ1v) is 16.2. The fraction of sp³-hybridized carbons (Fsp3) is 0.500. The number of rotatable bonds is 8. The van der Waals surface area contributed by atoms with Gasteiger partial charge in [-0.15, -0.1) is 0 Å². The van der Waals surface area contributed by atoms with Gasteiger partial charge >= 0.3 is 5.97 Å². The number of ether oxygens (including phenoxy) is 3. The second-order valence-electron chi connectivity index (χ2n) is 14.8. The molecule has 7 rings (SSSR count). The van der Waals surface area contributed by atoms with E-state index in [1.165, 1.54) is 18.6 Å². The first-order valence-electron chi connectivity index (χ1n) is 16.2. The lowest BCUT2D eigenvalue weighted by Crippen LogP contribution is -2.72. The van der Waals surface area contributed by atoms with Crippen molar-refractivity contribution in [3.05, 3.63) is 69.4 Å². The van der Waals surface area contributed by atoms with E-state index in [-0.39, 0.29) is 40.8 Å². The summed E-state index contributed by atoms with van der Waals surface area (Å²) in [4.78, 5) is 40.8. The van der Waals surface area contributed by atoms with Crippen molar-refractivity contribution in [2.75, 3.05) is 0 Å². The molecule has 1 saturated carbocycles. The third-order valence-electron chi connectivity index (χ3n) is 10.5. The van der Waals surface area contributed by atoms with Crippen LogP contribution in [0.3, 0.4) is 0 Å². The number of aliphatic carboxylic acids is 1. The summed E-state index contributed by atoms with van der Waals surface area (Å²) in [6.07, 6.45) is 13.4. The van der Waals surface area contributed by atoms with Gasteiger partial charge in [0.05, 0.1) is 11.2 Å². The van der Waals surface area contributed by atoms with Gasteiger partial charge in [-0.25, -0.2) is 4.79 Å². The van der Waals surface area contributed by atoms with Crippen molar-refractivity contribution in [2.24, 2.45) is 11.8 Å². The third kappa shape index (κ3) is 4.47. The summed E-state index contributed by atoms with van der Waals surface area (Å²) >= 11 is 0. The van der Waals surface area contributed by atoms with Crippen molar-refractivity contribution in [3.63, 3.8) is 0 Å². The average Bonchev–Trinajstić information content (AvgIpc) is 3.12. The molecule has 2 N–H and O–H groups in total. The van der Waals surface area contributed by atoms with Gasteiger partial charge in [-0.2, -0.15) is 0 Å². The van der Waals surface area contributed by atoms with Crippen LogP contribution in [0.15, 0.2) is 52.7 Å². The van der Waals surface area contributed by atoms with Crippen molar-refractivity contribution >= 4 is 23.6 Å². The van der Waals surface area contributed by atoms with Crippen molar-refractivity contribution in [3.8, 4) is 17.2 Å². The van der Waals surface area contributed by atoms with Gasteiger partial charge in [0.15, 0.2) is 22.8 Å². The summed E-state index contributed by atoms with van der Waals surface area (Å²) in [6, 6.07) is 0. The zero-order valence-electron chi connectivity index (χ0n) is 28.0. The Kier molecular flexibility index (Phi) is 7.36. The first kappa shape index (κ1) is 32.0. The van der Waals surface area contributed by atoms with E-state index in [9.17, 15) is 24.6 Å². The molecule has 1 saturated heterocycles. The number of aromatic hydroxyl groups is 1. The number of carboxylic acids is 1. The Hall–Kier alpha value is -3.91. The Morgan fingerprint density at radius 1 is 1.00 bits per heavy atom. The second-order valence-corrected chi connectivity index (χ2v) is 14.8. The van der Waals surface area contributed by atoms with Crippen LogP contribution in [0.5, 0.6) is 17.2 Å². The topological polar surface area (TPSA) is 119 Å². The minimum Gasteiger partial charge on any atom is -0.506 e. The van der Waals surface area contributed by atoms with E-state index < -0.39 is 40.1 Å². The molecular formula is C38H44O8. The number of benzene rings is 1. The largest absolute Gasteiger partial charge is 0.506 e. The molecule has 8 heteroatoms. The summed E-state index contributed by atoms with van der Waals surface area (Å²) in [6.45, 7) is 15.4. The number of allylic oxidation sites excluding steroid dienone is 5. The number of phenolic OH excluding ortho intramolecular Hbond substituents is 1. The van der Waals surface area contributed by atoms with E-state index in [1.54, 1.807) is 6.08 Å². The molecule has 1 aromatic rings. The van der Waals surface area contributed by atoms with Crippen LogP contribution in [0.2, 0.25) is 0 Å². The second kappa shape index (κ2) is 10.6. The van der Waals surface area contributed by atoms with E-state index in [0.717, 1.165) is 12.0 Å². The van der Waals surface area contributed by atoms with Gasteiger partial charge < -0.3 is 24.4 Å². The number of phenols is 1. The number of carbonyl (C=O) groups excluding carboxylic acids is 2. The van der Waals surface area contributed by atoms with Crippen molar-refractivity contribution < 1.29 is 38.8 Å². The van der Waals surface area contributed by atoms with Crippen LogP contribution in [0.25, 0.3) is 6.08 Å². The molecule has 1 spiro atoms. The van der Waals surface area contributed by atoms with Gasteiger partial charge in [0.2, 0.25) is 0 Å². The molecule has 6 aliphatic rings. The Morgan fingerprint density at radius 3 is 2.35 bits per heavy atom. The van der Waals surface area contributed by atoms with E-state index in [4.69, 9.17) is 14.2 Å². The molecule has 3 heterocycles. The molecule has 8 nitrogen and oxygen atoms in total. The van der Waals surface area contributed by atoms with E-state index in [2.05, 4.69) is 19.9 Å². The van der Waals surface area contributed by atoms with Crippen LogP contribution in [0.1, 0.15) is 103 Å². The SMILES string of the molecule is CC(C)=CCC[C@]1(C)C=Cc2c(O)c3c(c(CC=C(C)C)c2O1)O[C@]12C(=C[C@@H]4C[C@@H]1C(C)(C)O[C@@]2(CC=C(C)C(=O)O)C4=O)C3=O. The monoisotopic (exact) mass is 628 g/mol. The molecule has 0 aromatic heterocycles. The molecule has 0 amide bonds. The average molecular weight is 629 g/mol. The highest BCUT2D eigenvalue weighted by Crippen LogP contribution is 2.68. The van der Waals surface area contributed by atoms with Crippen LogP contribution < -0.4 is 9.47 Å². The lowest BCUT2D eigenvalue weighted by Gasteiger charge is -2.56. The Balaban J connectivity index is 1.59. The van der Waals surface area contributed by atoms with Gasteiger partial charge in [0, 0.05) is 35.0 Å². The van der Waals surface area contributed by atoms with E-state index in [0.29, 0.717) is 41.7 Å². The van der Waals surface area contributed by atoms with Crippen LogP contribution in [-0.2, 0) is 20.7 Å². The molecule has 4 bridgehead atoms. The molecular weight excluding hydrogens is 584 g/mol. The molecule has 244 valence electrons. The van der Waals surface area contributed by atoms with Gasteiger partial charge in [0.25, 0.3) is 0 Å². The maximum absolute atomic E-state index is 14.7. The smallest absolute Gasteiger partial charge is 0.330 e. The van der Waals surface area contributed by atoms with Crippen molar-refractivity contribution in [1.29, 1.82) is 0 Å². The highest BCUT2D eigenvalue weighted by molar-refractivity contribution is 6.19. The number of hydrogen-bond acceptors (Lipinski definition) is 7. The number of fused-ring (bicyclic) bond motifs is 2. The molecule has 2 fully saturated rings. The molecule has 1 aromatic carbocycles. The standard InChI is InChI=1S/C38H44O8/c1-20(2)10-9-15-36(8)16-14-24-29(39)28-30(40)26-18-23-19-27-35(6,7)46-37(33(23)41,17-13-22(5)34(42)43)38(26,27)45-32(28)25(31(24)44-36)12-11-21(3)4/h10-11,13-14,16,18,23,27,39H,9,12,15,17,19H2,1-8H3,(H,42,43)/t23-,27-,36-,37+,38-/m1/s1. The maximum atomic E-state index is 14.7. The number of carbonyl (C=O) groups is 3. The van der Waals surface area contributed by atoms with Gasteiger partial charge in [0.1, 0.15) is 28.4 Å². The third-order valence-corrected chi connectivity index (χ3v) is 10.5. The Bertz CT molecular complexity index is 1730. The van der Waals surface area contributed by atoms with Crippen molar-refractivity contribution in [2.45, 2.75) is 110 Å². The predicted octanol–water partition coefficient (Wildman–Crippen LogP) is 7.24. The van der Waals surface area contributed by atoms with Crippen LogP contribution in [-0.4, -0.2) is 50.2 Å². The van der Waals surface area contributed by atoms with Gasteiger partial charge in [-0.05, 0) is 93.2 Å². The lowest BCUT2D eigenvalue weighted by atomic mass is 9.51. The van der Waals surface area contributed by atoms with E-state index in [1.807, 2.05) is 52.8 Å². The van der Waals surface area contributed by atoms with Gasteiger partial charge in [-0.3, -0.25) is 9.59 Å². The van der Waals surface area contributed by atoms with Gasteiger partial charge in [-0.1, -0.05) is 35.5 Å². The number of carboxylic acid groups (broad SMARTS) is 1. The van der Waals surface area contributed by atoms with Crippen LogP contribution in [0, 0.1) is 11.8 Å². The summed E-state index contributed by atoms with van der Waals surface area (Å²) in [5.41, 5.74) is -0.952. The van der Waals surface area contributed by atoms with Crippen LogP contribution in [0.4, 0.5) is 0 Å². The molecule has 0 unspecified atom stereocenters. The first-order chi connectivity index (χ1) is 21.5. The highest BCUT2D eigenvalue weighted by Gasteiger charge is 2.81. The quantitative estimate of drug-likeness (QED) is 0.228. The number of Topliss-reactive ketones (excluding diaryl/α,β-unsaturated/α-hetero) is 2. The van der Waals surface area contributed by atoms with Crippen molar-refractivity contribution in [1.82, 2.24) is 0 Å². The highest BCUT2D eigenvalue weighted by atomic mass is 16.6. The van der Waals surface area contributed by atoms with E-state index >= 15 is 0 Å². The molecule has 3 aliphatic heterocycles. The zero-order valence-corrected chi connectivity index (χ0v) is 28.0. The normalized spacial score (nSPS) is 31.2. The minimum absolute atomic E-state index is 0.0544. The number of hydrogen-bond donors (Lipinski definition) is 2. The van der Waals surface area contributed by atoms with Crippen LogP contribution >= 0.6 is 0 Å². The molecule has 3 aliphatic carbocycles. The zero-order chi connectivity index (χ0) is 33.6. The molecule has 5 atom stereocenters. The maximum Gasteiger partial charge on any atom is 0.330 e. The Labute approximate surface area is 270 Å². The fourth-order valence-electron chi connectivity index (χ4n) is 8.17. The lowest BCUT2D eigenvalue weighted by molar-refractivity contribution is -0.171. The molecule has 46 heavy (non-hydrogen) atoms. The number of ketones is 2.